The van der Waals surface area contributed by atoms with Crippen LogP contribution in [-0.2, 0) is 5.41 Å². The third-order valence-electron chi connectivity index (χ3n) is 9.82. The van der Waals surface area contributed by atoms with Crippen molar-refractivity contribution in [2.45, 2.75) is 35.0 Å². The molecule has 1 aliphatic carbocycles. The van der Waals surface area contributed by atoms with Crippen LogP contribution in [0.4, 0.5) is 0 Å². The molecule has 0 saturated heterocycles. The van der Waals surface area contributed by atoms with Crippen molar-refractivity contribution in [1.29, 1.82) is 0 Å². The second-order valence-corrected chi connectivity index (χ2v) is 13.6. The van der Waals surface area contributed by atoms with Gasteiger partial charge in [-0.3, -0.25) is 0 Å². The summed E-state index contributed by atoms with van der Waals surface area (Å²) in [4.78, 5) is 2.71. The molecular weight excluding hydrogens is 537 g/mol. The van der Waals surface area contributed by atoms with E-state index in [1.807, 2.05) is 11.8 Å². The van der Waals surface area contributed by atoms with Gasteiger partial charge in [0.05, 0.1) is 0 Å². The number of hydrogen-bond donors (Lipinski definition) is 0. The lowest BCUT2D eigenvalue weighted by atomic mass is 9.79. The number of benzene rings is 7. The molecule has 2 aliphatic rings. The molecule has 9 rings (SSSR count). The van der Waals surface area contributed by atoms with E-state index in [9.17, 15) is 0 Å². The minimum absolute atomic E-state index is 0.00280. The molecule has 0 amide bonds. The minimum Gasteiger partial charge on any atom is -0.0894 e. The summed E-state index contributed by atoms with van der Waals surface area (Å²) in [6.07, 6.45) is 0. The lowest BCUT2D eigenvalue weighted by Gasteiger charge is -2.31. The highest BCUT2D eigenvalue weighted by Gasteiger charge is 2.35. The Bertz CT molecular complexity index is 2150. The van der Waals surface area contributed by atoms with E-state index in [-0.39, 0.29) is 11.3 Å². The van der Waals surface area contributed by atoms with Gasteiger partial charge in [-0.05, 0) is 89.8 Å². The van der Waals surface area contributed by atoms with Crippen molar-refractivity contribution in [1.82, 2.24) is 0 Å². The maximum Gasteiger partial charge on any atom is 0.0374 e. The van der Waals surface area contributed by atoms with Gasteiger partial charge in [0.15, 0.2) is 0 Å². The summed E-state index contributed by atoms with van der Waals surface area (Å²) < 4.78 is 0. The van der Waals surface area contributed by atoms with E-state index >= 15 is 0 Å². The van der Waals surface area contributed by atoms with Crippen molar-refractivity contribution in [3.05, 3.63) is 167 Å². The van der Waals surface area contributed by atoms with Crippen LogP contribution in [0, 0.1) is 0 Å². The zero-order valence-electron chi connectivity index (χ0n) is 24.3. The fourth-order valence-corrected chi connectivity index (χ4v) is 8.86. The van der Waals surface area contributed by atoms with E-state index in [4.69, 9.17) is 0 Å². The number of hydrogen-bond acceptors (Lipinski definition) is 1. The average molecular weight is 567 g/mol. The van der Waals surface area contributed by atoms with Crippen LogP contribution in [-0.4, -0.2) is 0 Å². The van der Waals surface area contributed by atoms with Gasteiger partial charge in [0.2, 0.25) is 0 Å². The molecule has 0 aromatic heterocycles. The van der Waals surface area contributed by atoms with E-state index in [0.717, 1.165) is 0 Å². The summed E-state index contributed by atoms with van der Waals surface area (Å²) >= 11 is 1.92. The quantitative estimate of drug-likeness (QED) is 0.200. The van der Waals surface area contributed by atoms with Crippen LogP contribution in [0.3, 0.4) is 0 Å². The largest absolute Gasteiger partial charge is 0.0894 e. The Labute approximate surface area is 257 Å². The van der Waals surface area contributed by atoms with Gasteiger partial charge in [-0.1, -0.05) is 147 Å². The first-order valence-electron chi connectivity index (χ1n) is 15.1. The molecule has 1 heterocycles. The molecule has 0 unspecified atom stereocenters. The van der Waals surface area contributed by atoms with Crippen molar-refractivity contribution in [2.75, 3.05) is 0 Å². The van der Waals surface area contributed by atoms with Gasteiger partial charge in [0.25, 0.3) is 0 Å². The molecule has 0 saturated carbocycles. The summed E-state index contributed by atoms with van der Waals surface area (Å²) in [6, 6.07) is 52.3. The molecule has 0 spiro atoms. The highest BCUT2D eigenvalue weighted by Crippen LogP contribution is 2.53. The highest BCUT2D eigenvalue weighted by molar-refractivity contribution is 7.99. The normalized spacial score (nSPS) is 14.7. The molecule has 0 fully saturated rings. The molecule has 43 heavy (non-hydrogen) atoms. The Morgan fingerprint density at radius 1 is 0.488 bits per heavy atom. The molecule has 204 valence electrons. The average Bonchev–Trinajstić information content (AvgIpc) is 3.29. The Balaban J connectivity index is 1.21. The third kappa shape index (κ3) is 3.65. The summed E-state index contributed by atoms with van der Waals surface area (Å²) in [5, 5.41) is 5.30. The maximum absolute atomic E-state index is 2.42. The van der Waals surface area contributed by atoms with Crippen molar-refractivity contribution in [3.63, 3.8) is 0 Å². The van der Waals surface area contributed by atoms with Crippen LogP contribution in [0.25, 0.3) is 43.8 Å². The van der Waals surface area contributed by atoms with Crippen LogP contribution < -0.4 is 0 Å². The second kappa shape index (κ2) is 9.20. The Kier molecular flexibility index (Phi) is 5.34. The van der Waals surface area contributed by atoms with Gasteiger partial charge in [-0.2, -0.15) is 0 Å². The van der Waals surface area contributed by atoms with Crippen molar-refractivity contribution in [2.24, 2.45) is 0 Å². The fourth-order valence-electron chi connectivity index (χ4n) is 7.67. The summed E-state index contributed by atoms with van der Waals surface area (Å²) in [5.74, 6) is 0.158. The standard InChI is InChI=1S/C42H30S/c1-42(2)35-14-8-7-13-33(35)34-22-19-30(25-36(34)42)26-15-17-29(18-16-26)39-40-31-11-5-3-9-27(31)20-23-37(40)43-38-24-21-28-10-4-6-12-32(28)41(38)39/h3-25,39H,1-2H3. The topological polar surface area (TPSA) is 0 Å². The molecule has 0 nitrogen and oxygen atoms in total. The summed E-state index contributed by atoms with van der Waals surface area (Å²) in [7, 11) is 0. The first-order valence-corrected chi connectivity index (χ1v) is 16.0. The molecule has 0 radical (unpaired) electrons. The van der Waals surface area contributed by atoms with E-state index in [2.05, 4.69) is 153 Å². The van der Waals surface area contributed by atoms with E-state index in [1.54, 1.807) is 0 Å². The molecular formula is C42H30S. The molecule has 1 heteroatoms. The van der Waals surface area contributed by atoms with Crippen LogP contribution >= 0.6 is 11.8 Å². The lowest BCUT2D eigenvalue weighted by Crippen LogP contribution is -2.14. The SMILES string of the molecule is CC1(C)c2ccccc2-c2ccc(-c3ccc(C4c5c(ccc6ccccc56)Sc5ccc6ccccc6c54)cc3)cc21. The maximum atomic E-state index is 2.42. The lowest BCUT2D eigenvalue weighted by molar-refractivity contribution is 0.660. The van der Waals surface area contributed by atoms with Crippen LogP contribution in [0.2, 0.25) is 0 Å². The number of rotatable bonds is 2. The molecule has 0 bridgehead atoms. The molecule has 0 N–H and O–H groups in total. The van der Waals surface area contributed by atoms with Gasteiger partial charge < -0.3 is 0 Å². The predicted molar refractivity (Wildman–Crippen MR) is 182 cm³/mol. The van der Waals surface area contributed by atoms with E-state index in [0.29, 0.717) is 0 Å². The van der Waals surface area contributed by atoms with Gasteiger partial charge in [-0.15, -0.1) is 0 Å². The number of fused-ring (bicyclic) bond motifs is 9. The van der Waals surface area contributed by atoms with Gasteiger partial charge in [0, 0.05) is 21.1 Å². The Morgan fingerprint density at radius 2 is 1.05 bits per heavy atom. The molecule has 1 aliphatic heterocycles. The summed E-state index contributed by atoms with van der Waals surface area (Å²) in [6.45, 7) is 4.71. The van der Waals surface area contributed by atoms with Crippen LogP contribution in [0.5, 0.6) is 0 Å². The van der Waals surface area contributed by atoms with Crippen LogP contribution in [0.1, 0.15) is 47.6 Å². The first-order chi connectivity index (χ1) is 21.1. The minimum atomic E-state index is -0.00280. The molecule has 7 aromatic rings. The second-order valence-electron chi connectivity index (χ2n) is 12.5. The summed E-state index contributed by atoms with van der Waals surface area (Å²) in [5.41, 5.74) is 12.3. The van der Waals surface area contributed by atoms with Gasteiger partial charge in [-0.25, -0.2) is 0 Å². The fraction of sp³-hybridized carbons (Fsp3) is 0.0952. The van der Waals surface area contributed by atoms with Crippen molar-refractivity contribution < 1.29 is 0 Å². The predicted octanol–water partition coefficient (Wildman–Crippen LogP) is 11.6. The van der Waals surface area contributed by atoms with Crippen molar-refractivity contribution >= 4 is 33.3 Å². The van der Waals surface area contributed by atoms with Crippen LogP contribution in [0.15, 0.2) is 149 Å². The zero-order chi connectivity index (χ0) is 28.7. The van der Waals surface area contributed by atoms with Gasteiger partial charge in [0.1, 0.15) is 0 Å². The highest BCUT2D eigenvalue weighted by atomic mass is 32.2. The van der Waals surface area contributed by atoms with E-state index < -0.39 is 0 Å². The zero-order valence-corrected chi connectivity index (χ0v) is 25.1. The third-order valence-corrected chi connectivity index (χ3v) is 11.0. The first kappa shape index (κ1) is 25.0. The van der Waals surface area contributed by atoms with Gasteiger partial charge >= 0.3 is 0 Å². The van der Waals surface area contributed by atoms with Crippen molar-refractivity contribution in [3.8, 4) is 22.3 Å². The monoisotopic (exact) mass is 566 g/mol. The molecule has 7 aromatic carbocycles. The van der Waals surface area contributed by atoms with E-state index in [1.165, 1.54) is 81.4 Å². The smallest absolute Gasteiger partial charge is 0.0374 e. The Morgan fingerprint density at radius 3 is 1.72 bits per heavy atom. The Hall–Kier alpha value is -4.59. The molecule has 0 atom stereocenters.